The van der Waals surface area contributed by atoms with Gasteiger partial charge in [-0.3, -0.25) is 9.36 Å². The van der Waals surface area contributed by atoms with Crippen molar-refractivity contribution in [2.24, 2.45) is 0 Å². The molecular formula is C9H14N2OS. The zero-order valence-corrected chi connectivity index (χ0v) is 8.59. The molecule has 0 aliphatic rings. The molecule has 0 spiro atoms. The molecular weight excluding hydrogens is 184 g/mol. The van der Waals surface area contributed by atoms with Gasteiger partial charge in [0.05, 0.1) is 6.33 Å². The molecule has 0 N–H and O–H groups in total. The molecule has 0 bridgehead atoms. The lowest BCUT2D eigenvalue weighted by Gasteiger charge is -2.02. The van der Waals surface area contributed by atoms with Gasteiger partial charge >= 0.3 is 0 Å². The Hall–Kier alpha value is -0.770. The van der Waals surface area contributed by atoms with Crippen LogP contribution in [0.2, 0.25) is 0 Å². The molecule has 0 unspecified atom stereocenters. The molecule has 0 atom stereocenters. The highest BCUT2D eigenvalue weighted by Crippen LogP contribution is 2.01. The maximum atomic E-state index is 11.2. The average molecular weight is 198 g/mol. The molecule has 3 nitrogen and oxygen atoms in total. The van der Waals surface area contributed by atoms with Crippen molar-refractivity contribution in [1.29, 1.82) is 0 Å². The lowest BCUT2D eigenvalue weighted by atomic mass is 10.4. The number of aromatic nitrogens is 2. The third-order valence-electron chi connectivity index (χ3n) is 1.68. The van der Waals surface area contributed by atoms with Crippen LogP contribution in [0.3, 0.4) is 0 Å². The van der Waals surface area contributed by atoms with Crippen molar-refractivity contribution in [2.75, 3.05) is 11.5 Å². The van der Waals surface area contributed by atoms with Crippen molar-refractivity contribution in [3.8, 4) is 0 Å². The Kier molecular flexibility index (Phi) is 4.60. The first-order valence-corrected chi connectivity index (χ1v) is 5.58. The van der Waals surface area contributed by atoms with Crippen molar-refractivity contribution in [1.82, 2.24) is 9.55 Å². The van der Waals surface area contributed by atoms with Gasteiger partial charge in [0.1, 0.15) is 0 Å². The first-order valence-electron chi connectivity index (χ1n) is 4.43. The van der Waals surface area contributed by atoms with Crippen LogP contribution in [0.15, 0.2) is 23.4 Å². The maximum Gasteiger partial charge on any atom is 0.253 e. The molecule has 1 heterocycles. The van der Waals surface area contributed by atoms with Crippen molar-refractivity contribution in [3.63, 3.8) is 0 Å². The van der Waals surface area contributed by atoms with Crippen LogP contribution in [0, 0.1) is 0 Å². The Morgan fingerprint density at radius 3 is 3.15 bits per heavy atom. The summed E-state index contributed by atoms with van der Waals surface area (Å²) in [5.41, 5.74) is 0.0384. The summed E-state index contributed by atoms with van der Waals surface area (Å²) < 4.78 is 1.65. The highest BCUT2D eigenvalue weighted by atomic mass is 32.2. The van der Waals surface area contributed by atoms with Gasteiger partial charge in [-0.2, -0.15) is 11.8 Å². The topological polar surface area (TPSA) is 34.9 Å². The summed E-state index contributed by atoms with van der Waals surface area (Å²) in [6, 6.07) is 1.49. The van der Waals surface area contributed by atoms with Gasteiger partial charge in [-0.25, -0.2) is 4.98 Å². The Balaban J connectivity index is 2.37. The first-order chi connectivity index (χ1) is 6.34. The summed E-state index contributed by atoms with van der Waals surface area (Å²) in [5, 5.41) is 0. The van der Waals surface area contributed by atoms with E-state index in [1.807, 2.05) is 11.8 Å². The largest absolute Gasteiger partial charge is 0.299 e. The minimum Gasteiger partial charge on any atom is -0.299 e. The molecule has 0 saturated heterocycles. The number of hydrogen-bond donors (Lipinski definition) is 0. The van der Waals surface area contributed by atoms with Crippen LogP contribution < -0.4 is 5.56 Å². The number of hydrogen-bond acceptors (Lipinski definition) is 3. The summed E-state index contributed by atoms with van der Waals surface area (Å²) in [6.07, 6.45) is 4.16. The predicted octanol–water partition coefficient (Wildman–Crippen LogP) is 1.39. The summed E-state index contributed by atoms with van der Waals surface area (Å²) in [6.45, 7) is 2.92. The molecule has 0 saturated carbocycles. The molecule has 0 aliphatic heterocycles. The van der Waals surface area contributed by atoms with Crippen LogP contribution in [0.4, 0.5) is 0 Å². The van der Waals surface area contributed by atoms with Crippen LogP contribution in [0.1, 0.15) is 13.3 Å². The second-order valence-electron chi connectivity index (χ2n) is 2.66. The zero-order chi connectivity index (χ0) is 9.52. The Morgan fingerprint density at radius 1 is 1.62 bits per heavy atom. The first kappa shape index (κ1) is 10.3. The third kappa shape index (κ3) is 3.63. The van der Waals surface area contributed by atoms with E-state index >= 15 is 0 Å². The van der Waals surface area contributed by atoms with Crippen molar-refractivity contribution >= 4 is 11.8 Å². The highest BCUT2D eigenvalue weighted by molar-refractivity contribution is 7.99. The van der Waals surface area contributed by atoms with Gasteiger partial charge in [0.25, 0.3) is 5.56 Å². The Labute approximate surface area is 82.2 Å². The van der Waals surface area contributed by atoms with E-state index in [0.29, 0.717) is 0 Å². The SMILES string of the molecule is CCSCCCn1cnccc1=O. The zero-order valence-electron chi connectivity index (χ0n) is 7.77. The molecule has 1 rings (SSSR count). The van der Waals surface area contributed by atoms with E-state index in [1.54, 1.807) is 10.9 Å². The lowest BCUT2D eigenvalue weighted by Crippen LogP contribution is -2.18. The molecule has 0 radical (unpaired) electrons. The van der Waals surface area contributed by atoms with Gasteiger partial charge in [0.2, 0.25) is 0 Å². The van der Waals surface area contributed by atoms with Crippen LogP contribution in [-0.2, 0) is 6.54 Å². The molecule has 0 amide bonds. The van der Waals surface area contributed by atoms with Crippen LogP contribution in [0.25, 0.3) is 0 Å². The van der Waals surface area contributed by atoms with Gasteiger partial charge in [0.15, 0.2) is 0 Å². The number of aryl methyl sites for hydroxylation is 1. The standard InChI is InChI=1S/C9H14N2OS/c1-2-13-7-3-6-11-8-10-5-4-9(11)12/h4-5,8H,2-3,6-7H2,1H3. The Morgan fingerprint density at radius 2 is 2.46 bits per heavy atom. The molecule has 13 heavy (non-hydrogen) atoms. The molecule has 0 fully saturated rings. The summed E-state index contributed by atoms with van der Waals surface area (Å²) in [4.78, 5) is 15.1. The van der Waals surface area contributed by atoms with E-state index in [-0.39, 0.29) is 5.56 Å². The normalized spacial score (nSPS) is 10.2. The lowest BCUT2D eigenvalue weighted by molar-refractivity contribution is 0.644. The predicted molar refractivity (Wildman–Crippen MR) is 56.1 cm³/mol. The fourth-order valence-corrected chi connectivity index (χ4v) is 1.65. The van der Waals surface area contributed by atoms with Crippen molar-refractivity contribution < 1.29 is 0 Å². The van der Waals surface area contributed by atoms with Crippen LogP contribution in [0.5, 0.6) is 0 Å². The summed E-state index contributed by atoms with van der Waals surface area (Å²) >= 11 is 1.90. The van der Waals surface area contributed by atoms with Crippen LogP contribution in [-0.4, -0.2) is 21.1 Å². The third-order valence-corrected chi connectivity index (χ3v) is 2.67. The fraction of sp³-hybridized carbons (Fsp3) is 0.556. The number of thioether (sulfide) groups is 1. The molecule has 4 heteroatoms. The van der Waals surface area contributed by atoms with E-state index < -0.39 is 0 Å². The van der Waals surface area contributed by atoms with E-state index in [2.05, 4.69) is 11.9 Å². The molecule has 0 aliphatic carbocycles. The van der Waals surface area contributed by atoms with E-state index in [0.717, 1.165) is 24.5 Å². The maximum absolute atomic E-state index is 11.2. The second kappa shape index (κ2) is 5.80. The minimum absolute atomic E-state index is 0.0384. The monoisotopic (exact) mass is 198 g/mol. The van der Waals surface area contributed by atoms with Crippen molar-refractivity contribution in [2.45, 2.75) is 19.9 Å². The molecule has 0 aromatic carbocycles. The second-order valence-corrected chi connectivity index (χ2v) is 4.06. The Bertz CT molecular complexity index is 298. The fourth-order valence-electron chi connectivity index (χ4n) is 1.03. The van der Waals surface area contributed by atoms with Gasteiger partial charge in [-0.05, 0) is 17.9 Å². The van der Waals surface area contributed by atoms with Crippen LogP contribution >= 0.6 is 11.8 Å². The molecule has 72 valence electrons. The summed E-state index contributed by atoms with van der Waals surface area (Å²) in [5.74, 6) is 2.25. The van der Waals surface area contributed by atoms with Gasteiger partial charge in [-0.15, -0.1) is 0 Å². The van der Waals surface area contributed by atoms with E-state index in [1.165, 1.54) is 12.3 Å². The van der Waals surface area contributed by atoms with Gasteiger partial charge < -0.3 is 0 Å². The highest BCUT2D eigenvalue weighted by Gasteiger charge is 1.93. The smallest absolute Gasteiger partial charge is 0.253 e. The van der Waals surface area contributed by atoms with Gasteiger partial charge in [-0.1, -0.05) is 6.92 Å². The molecule has 1 aromatic rings. The van der Waals surface area contributed by atoms with E-state index in [4.69, 9.17) is 0 Å². The number of rotatable bonds is 5. The van der Waals surface area contributed by atoms with E-state index in [9.17, 15) is 4.79 Å². The quantitative estimate of drug-likeness (QED) is 0.671. The average Bonchev–Trinajstić information content (AvgIpc) is 2.15. The van der Waals surface area contributed by atoms with Crippen molar-refractivity contribution in [3.05, 3.63) is 28.9 Å². The molecule has 1 aromatic heterocycles. The number of nitrogens with zero attached hydrogens (tertiary/aromatic N) is 2. The van der Waals surface area contributed by atoms with Gasteiger partial charge in [0, 0.05) is 18.8 Å². The minimum atomic E-state index is 0.0384. The summed E-state index contributed by atoms with van der Waals surface area (Å²) in [7, 11) is 0.